The average Bonchev–Trinajstić information content (AvgIpc) is 2.82. The van der Waals surface area contributed by atoms with Crippen molar-refractivity contribution in [3.8, 4) is 0 Å². The lowest BCUT2D eigenvalue weighted by atomic mass is 9.75. The summed E-state index contributed by atoms with van der Waals surface area (Å²) in [6, 6.07) is 0. The van der Waals surface area contributed by atoms with Crippen LogP contribution in [0.25, 0.3) is 0 Å². The summed E-state index contributed by atoms with van der Waals surface area (Å²) < 4.78 is 7.44. The predicted octanol–water partition coefficient (Wildman–Crippen LogP) is 2.33. The first kappa shape index (κ1) is 15.5. The molecule has 0 saturated carbocycles. The maximum atomic E-state index is 12.6. The second kappa shape index (κ2) is 6.41. The molecule has 1 N–H and O–H groups in total. The van der Waals surface area contributed by atoms with Gasteiger partial charge in [0.25, 0.3) is 5.91 Å². The van der Waals surface area contributed by atoms with Crippen molar-refractivity contribution in [2.24, 2.45) is 5.41 Å². The van der Waals surface area contributed by atoms with Crippen LogP contribution in [-0.2, 0) is 24.1 Å². The standard InChI is InChI=1S/C17H27N3O2/c1-3-5-6-14-13-11-17(7-9-22-10-8-17)12-18-16(21)15(13)20(4-2)19-14/h3-12H2,1-2H3,(H,18,21). The average molecular weight is 305 g/mol. The number of nitrogens with one attached hydrogen (secondary N) is 1. The maximum absolute atomic E-state index is 12.6. The number of carbonyl (C=O) groups excluding carboxylic acids is 1. The zero-order chi connectivity index (χ0) is 15.6. The molecule has 0 bridgehead atoms. The van der Waals surface area contributed by atoms with Crippen molar-refractivity contribution in [2.75, 3.05) is 19.8 Å². The van der Waals surface area contributed by atoms with Gasteiger partial charge in [0, 0.05) is 31.9 Å². The van der Waals surface area contributed by atoms with Gasteiger partial charge in [-0.1, -0.05) is 13.3 Å². The summed E-state index contributed by atoms with van der Waals surface area (Å²) in [4.78, 5) is 12.6. The molecule has 1 amide bonds. The van der Waals surface area contributed by atoms with Crippen LogP contribution in [0.1, 0.15) is 61.3 Å². The zero-order valence-corrected chi connectivity index (χ0v) is 13.8. The number of nitrogens with zero attached hydrogens (tertiary/aromatic N) is 2. The summed E-state index contributed by atoms with van der Waals surface area (Å²) in [5.41, 5.74) is 3.30. The van der Waals surface area contributed by atoms with E-state index in [4.69, 9.17) is 9.84 Å². The van der Waals surface area contributed by atoms with Gasteiger partial charge in [-0.15, -0.1) is 0 Å². The molecule has 0 aromatic carbocycles. The summed E-state index contributed by atoms with van der Waals surface area (Å²) in [6.45, 7) is 7.37. The van der Waals surface area contributed by atoms with Crippen LogP contribution < -0.4 is 5.32 Å². The van der Waals surface area contributed by atoms with E-state index in [1.807, 2.05) is 4.68 Å². The number of aromatic nitrogens is 2. The fraction of sp³-hybridized carbons (Fsp3) is 0.765. The van der Waals surface area contributed by atoms with Gasteiger partial charge >= 0.3 is 0 Å². The van der Waals surface area contributed by atoms with Crippen LogP contribution in [0, 0.1) is 5.41 Å². The van der Waals surface area contributed by atoms with Crippen LogP contribution in [0.15, 0.2) is 0 Å². The van der Waals surface area contributed by atoms with E-state index in [0.717, 1.165) is 76.2 Å². The number of unbranched alkanes of at least 4 members (excludes halogenated alkanes) is 1. The number of hydrogen-bond donors (Lipinski definition) is 1. The Bertz CT molecular complexity index is 544. The highest BCUT2D eigenvalue weighted by Crippen LogP contribution is 2.37. The van der Waals surface area contributed by atoms with Crippen LogP contribution in [-0.4, -0.2) is 35.4 Å². The van der Waals surface area contributed by atoms with Gasteiger partial charge in [0.15, 0.2) is 0 Å². The third kappa shape index (κ3) is 2.78. The lowest BCUT2D eigenvalue weighted by Crippen LogP contribution is -2.40. The molecule has 2 aliphatic rings. The van der Waals surface area contributed by atoms with E-state index in [9.17, 15) is 4.79 Å². The molecule has 1 spiro atoms. The second-order valence-corrected chi connectivity index (χ2v) is 6.66. The Labute approximate surface area is 132 Å². The van der Waals surface area contributed by atoms with E-state index in [1.165, 1.54) is 5.56 Å². The minimum Gasteiger partial charge on any atom is -0.381 e. The van der Waals surface area contributed by atoms with Crippen LogP contribution in [0.4, 0.5) is 0 Å². The Hall–Kier alpha value is -1.36. The number of carbonyl (C=O) groups is 1. The third-order valence-corrected chi connectivity index (χ3v) is 5.14. The first-order valence-electron chi connectivity index (χ1n) is 8.63. The van der Waals surface area contributed by atoms with Crippen LogP contribution in [0.5, 0.6) is 0 Å². The molecule has 0 radical (unpaired) electrons. The molecule has 1 saturated heterocycles. The molecule has 1 aromatic heterocycles. The van der Waals surface area contributed by atoms with Gasteiger partial charge in [0.2, 0.25) is 0 Å². The van der Waals surface area contributed by atoms with Gasteiger partial charge < -0.3 is 10.1 Å². The molecule has 1 fully saturated rings. The van der Waals surface area contributed by atoms with Gasteiger partial charge in [0.1, 0.15) is 5.69 Å². The zero-order valence-electron chi connectivity index (χ0n) is 13.8. The highest BCUT2D eigenvalue weighted by atomic mass is 16.5. The molecule has 5 nitrogen and oxygen atoms in total. The van der Waals surface area contributed by atoms with E-state index in [1.54, 1.807) is 0 Å². The van der Waals surface area contributed by atoms with Crippen LogP contribution >= 0.6 is 0 Å². The van der Waals surface area contributed by atoms with E-state index in [-0.39, 0.29) is 11.3 Å². The summed E-state index contributed by atoms with van der Waals surface area (Å²) in [7, 11) is 0. The van der Waals surface area contributed by atoms with Crippen molar-refractivity contribution in [1.82, 2.24) is 15.1 Å². The SMILES string of the molecule is CCCCc1nn(CC)c2c1CC1(CCOCC1)CNC2=O. The molecule has 5 heteroatoms. The number of aryl methyl sites for hydroxylation is 2. The molecule has 0 unspecified atom stereocenters. The lowest BCUT2D eigenvalue weighted by Gasteiger charge is -2.36. The van der Waals surface area contributed by atoms with Gasteiger partial charge in [-0.25, -0.2) is 0 Å². The van der Waals surface area contributed by atoms with Crippen molar-refractivity contribution in [1.29, 1.82) is 0 Å². The largest absolute Gasteiger partial charge is 0.381 e. The smallest absolute Gasteiger partial charge is 0.269 e. The number of fused-ring (bicyclic) bond motifs is 1. The topological polar surface area (TPSA) is 56.1 Å². The first-order chi connectivity index (χ1) is 10.7. The number of amides is 1. The minimum absolute atomic E-state index is 0.0514. The van der Waals surface area contributed by atoms with E-state index in [2.05, 4.69) is 19.2 Å². The summed E-state index contributed by atoms with van der Waals surface area (Å²) in [5.74, 6) is 0.0514. The van der Waals surface area contributed by atoms with Gasteiger partial charge in [-0.2, -0.15) is 5.10 Å². The van der Waals surface area contributed by atoms with Crippen molar-refractivity contribution in [3.05, 3.63) is 17.0 Å². The van der Waals surface area contributed by atoms with Gasteiger partial charge in [-0.05, 0) is 44.4 Å². The number of rotatable bonds is 4. The minimum atomic E-state index is 0.0514. The molecule has 0 atom stereocenters. The van der Waals surface area contributed by atoms with Crippen molar-refractivity contribution < 1.29 is 9.53 Å². The lowest BCUT2D eigenvalue weighted by molar-refractivity contribution is 0.0160. The predicted molar refractivity (Wildman–Crippen MR) is 85.0 cm³/mol. The first-order valence-corrected chi connectivity index (χ1v) is 8.63. The van der Waals surface area contributed by atoms with Crippen LogP contribution in [0.3, 0.4) is 0 Å². The molecular weight excluding hydrogens is 278 g/mol. The van der Waals surface area contributed by atoms with Gasteiger partial charge in [-0.3, -0.25) is 9.48 Å². The second-order valence-electron chi connectivity index (χ2n) is 6.66. The Kier molecular flexibility index (Phi) is 4.52. The Morgan fingerprint density at radius 2 is 2.09 bits per heavy atom. The molecule has 3 rings (SSSR count). The Balaban J connectivity index is 1.99. The maximum Gasteiger partial charge on any atom is 0.269 e. The third-order valence-electron chi connectivity index (χ3n) is 5.14. The Morgan fingerprint density at radius 1 is 1.32 bits per heavy atom. The molecular formula is C17H27N3O2. The van der Waals surface area contributed by atoms with E-state index >= 15 is 0 Å². The molecule has 3 heterocycles. The fourth-order valence-corrected chi connectivity index (χ4v) is 3.71. The van der Waals surface area contributed by atoms with E-state index in [0.29, 0.717) is 0 Å². The summed E-state index contributed by atoms with van der Waals surface area (Å²) in [5, 5.41) is 7.89. The molecule has 122 valence electrons. The number of hydrogen-bond acceptors (Lipinski definition) is 3. The molecule has 0 aliphatic carbocycles. The Morgan fingerprint density at radius 3 is 2.77 bits per heavy atom. The quantitative estimate of drug-likeness (QED) is 0.929. The number of ether oxygens (including phenoxy) is 1. The van der Waals surface area contributed by atoms with Gasteiger partial charge in [0.05, 0.1) is 5.69 Å². The van der Waals surface area contributed by atoms with Crippen molar-refractivity contribution in [2.45, 2.75) is 58.9 Å². The summed E-state index contributed by atoms with van der Waals surface area (Å²) >= 11 is 0. The molecule has 2 aliphatic heterocycles. The highest BCUT2D eigenvalue weighted by Gasteiger charge is 2.39. The fourth-order valence-electron chi connectivity index (χ4n) is 3.71. The normalized spacial score (nSPS) is 20.5. The summed E-state index contributed by atoms with van der Waals surface area (Å²) in [6.07, 6.45) is 6.27. The van der Waals surface area contributed by atoms with E-state index < -0.39 is 0 Å². The van der Waals surface area contributed by atoms with Crippen molar-refractivity contribution >= 4 is 5.91 Å². The van der Waals surface area contributed by atoms with Crippen LogP contribution in [0.2, 0.25) is 0 Å². The molecule has 22 heavy (non-hydrogen) atoms. The highest BCUT2D eigenvalue weighted by molar-refractivity contribution is 5.94. The monoisotopic (exact) mass is 305 g/mol. The van der Waals surface area contributed by atoms with Crippen molar-refractivity contribution in [3.63, 3.8) is 0 Å². The molecule has 1 aromatic rings.